The number of thiol groups is 1. The van der Waals surface area contributed by atoms with Crippen LogP contribution in [0.1, 0.15) is 45.3 Å². The molecule has 1 aromatic heterocycles. The Labute approximate surface area is 192 Å². The molecule has 0 saturated carbocycles. The number of aliphatic hydroxyl groups is 1. The molecule has 12 heteroatoms. The fourth-order valence-electron chi connectivity index (χ4n) is 3.46. The molecule has 182 valence electrons. The fraction of sp³-hybridized carbons (Fsp3) is 0.227. The maximum absolute atomic E-state index is 14.0. The van der Waals surface area contributed by atoms with Gasteiger partial charge in [-0.05, 0) is 41.0 Å². The van der Waals surface area contributed by atoms with Crippen LogP contribution in [-0.2, 0) is 19.0 Å². The van der Waals surface area contributed by atoms with Crippen molar-refractivity contribution in [2.75, 3.05) is 0 Å². The van der Waals surface area contributed by atoms with Gasteiger partial charge in [0.05, 0.1) is 17.4 Å². The molecule has 3 rings (SSSR count). The van der Waals surface area contributed by atoms with Crippen LogP contribution in [0.15, 0.2) is 48.5 Å². The number of hydrogen-bond acceptors (Lipinski definition) is 3. The van der Waals surface area contributed by atoms with Crippen LogP contribution < -0.4 is 0 Å². The molecule has 0 amide bonds. The van der Waals surface area contributed by atoms with E-state index in [4.69, 9.17) is 0 Å². The Bertz CT molecular complexity index is 1160. The standard InChI is InChI=1S/C22H14F9NOS/c23-13-7-3-10(4-8-13)15-14(9-33)19(22(29,30)31)32-17(20(24)25)16(15)18(34)11-1-5-12(6-2-11)21(26,27)28/h1-8,18,20,33-34H,9H2. The number of aromatic nitrogens is 1. The van der Waals surface area contributed by atoms with Crippen LogP contribution in [0.3, 0.4) is 0 Å². The SMILES string of the molecule is OCc1c(C(F)(F)F)nc(C(F)F)c(C(S)c2ccc(C(F)(F)F)cc2)c1-c1ccc(F)cc1. The minimum Gasteiger partial charge on any atom is -0.392 e. The molecule has 0 aliphatic rings. The van der Waals surface area contributed by atoms with Crippen LogP contribution in [0.25, 0.3) is 11.1 Å². The van der Waals surface area contributed by atoms with E-state index in [2.05, 4.69) is 17.6 Å². The average Bonchev–Trinajstić information content (AvgIpc) is 2.76. The lowest BCUT2D eigenvalue weighted by atomic mass is 9.88. The van der Waals surface area contributed by atoms with Gasteiger partial charge >= 0.3 is 12.4 Å². The predicted octanol–water partition coefficient (Wildman–Crippen LogP) is 7.37. The summed E-state index contributed by atoms with van der Waals surface area (Å²) in [7, 11) is 0. The number of halogens is 9. The Kier molecular flexibility index (Phi) is 7.23. The lowest BCUT2D eigenvalue weighted by Crippen LogP contribution is -2.19. The highest BCUT2D eigenvalue weighted by Gasteiger charge is 2.40. The smallest absolute Gasteiger partial charge is 0.392 e. The van der Waals surface area contributed by atoms with E-state index in [0.29, 0.717) is 12.1 Å². The molecule has 0 saturated heterocycles. The molecule has 34 heavy (non-hydrogen) atoms. The lowest BCUT2D eigenvalue weighted by Gasteiger charge is -2.25. The summed E-state index contributed by atoms with van der Waals surface area (Å²) >= 11 is 4.22. The number of pyridine rings is 1. The molecule has 1 heterocycles. The van der Waals surface area contributed by atoms with Crippen LogP contribution in [0.2, 0.25) is 0 Å². The third kappa shape index (κ3) is 5.17. The zero-order valence-electron chi connectivity index (χ0n) is 16.7. The van der Waals surface area contributed by atoms with E-state index in [1.165, 1.54) is 0 Å². The first-order valence-electron chi connectivity index (χ1n) is 9.39. The van der Waals surface area contributed by atoms with E-state index in [1.807, 2.05) is 0 Å². The minimum atomic E-state index is -5.23. The number of alkyl halides is 8. The molecule has 3 aromatic rings. The molecule has 0 radical (unpaired) electrons. The first-order chi connectivity index (χ1) is 15.8. The number of rotatable bonds is 5. The quantitative estimate of drug-likeness (QED) is 0.277. The molecule has 0 fully saturated rings. The molecular formula is C22H14F9NOS. The van der Waals surface area contributed by atoms with Gasteiger partial charge in [-0.3, -0.25) is 0 Å². The highest BCUT2D eigenvalue weighted by molar-refractivity contribution is 7.80. The van der Waals surface area contributed by atoms with Crippen molar-refractivity contribution in [1.82, 2.24) is 4.98 Å². The molecule has 0 aliphatic carbocycles. The van der Waals surface area contributed by atoms with Gasteiger partial charge in [-0.1, -0.05) is 24.3 Å². The van der Waals surface area contributed by atoms with E-state index in [9.17, 15) is 44.6 Å². The Balaban J connectivity index is 2.37. The summed E-state index contributed by atoms with van der Waals surface area (Å²) in [6.07, 6.45) is -13.4. The van der Waals surface area contributed by atoms with Gasteiger partial charge < -0.3 is 5.11 Å². The first-order valence-corrected chi connectivity index (χ1v) is 9.91. The fourth-order valence-corrected chi connectivity index (χ4v) is 3.89. The Morgan fingerprint density at radius 2 is 1.41 bits per heavy atom. The van der Waals surface area contributed by atoms with Gasteiger partial charge in [-0.25, -0.2) is 18.2 Å². The molecular weight excluding hydrogens is 497 g/mol. The third-order valence-corrected chi connectivity index (χ3v) is 5.51. The Morgan fingerprint density at radius 1 is 0.853 bits per heavy atom. The average molecular weight is 511 g/mol. The summed E-state index contributed by atoms with van der Waals surface area (Å²) in [5.41, 5.74) is -6.24. The van der Waals surface area contributed by atoms with Crippen molar-refractivity contribution in [1.29, 1.82) is 0 Å². The monoisotopic (exact) mass is 511 g/mol. The first kappa shape index (κ1) is 25.9. The summed E-state index contributed by atoms with van der Waals surface area (Å²) < 4.78 is 121. The Hall–Kier alpha value is -2.73. The topological polar surface area (TPSA) is 33.1 Å². The molecule has 1 N–H and O–H groups in total. The van der Waals surface area contributed by atoms with Crippen LogP contribution >= 0.6 is 12.6 Å². The predicted molar refractivity (Wildman–Crippen MR) is 108 cm³/mol. The van der Waals surface area contributed by atoms with E-state index in [-0.39, 0.29) is 11.1 Å². The van der Waals surface area contributed by atoms with Crippen molar-refractivity contribution >= 4 is 12.6 Å². The zero-order valence-corrected chi connectivity index (χ0v) is 17.6. The molecule has 0 aliphatic heterocycles. The summed E-state index contributed by atoms with van der Waals surface area (Å²) in [6.45, 7) is -1.27. The van der Waals surface area contributed by atoms with Crippen molar-refractivity contribution in [2.45, 2.75) is 30.6 Å². The van der Waals surface area contributed by atoms with Gasteiger partial charge in [-0.15, -0.1) is 0 Å². The number of nitrogens with zero attached hydrogens (tertiary/aromatic N) is 1. The van der Waals surface area contributed by atoms with Crippen molar-refractivity contribution in [3.8, 4) is 11.1 Å². The summed E-state index contributed by atoms with van der Waals surface area (Å²) in [4.78, 5) is 3.08. The van der Waals surface area contributed by atoms with E-state index in [1.54, 1.807) is 0 Å². The van der Waals surface area contributed by atoms with E-state index >= 15 is 0 Å². The molecule has 1 unspecified atom stereocenters. The van der Waals surface area contributed by atoms with Gasteiger partial charge in [0.2, 0.25) is 0 Å². The van der Waals surface area contributed by atoms with Gasteiger partial charge in [0.15, 0.2) is 5.69 Å². The second kappa shape index (κ2) is 9.49. The number of hydrogen-bond donors (Lipinski definition) is 2. The molecule has 2 nitrogen and oxygen atoms in total. The largest absolute Gasteiger partial charge is 0.433 e. The summed E-state index contributed by atoms with van der Waals surface area (Å²) in [5.74, 6) is -0.764. The van der Waals surface area contributed by atoms with Crippen molar-refractivity contribution in [2.24, 2.45) is 0 Å². The maximum atomic E-state index is 14.0. The summed E-state index contributed by atoms with van der Waals surface area (Å²) in [6, 6.07) is 7.03. The van der Waals surface area contributed by atoms with E-state index in [0.717, 1.165) is 36.4 Å². The minimum absolute atomic E-state index is 0.0490. The normalized spacial score (nSPS) is 13.4. The van der Waals surface area contributed by atoms with Crippen molar-refractivity contribution < 1.29 is 44.6 Å². The van der Waals surface area contributed by atoms with Gasteiger partial charge in [0.1, 0.15) is 11.5 Å². The number of benzene rings is 2. The third-order valence-electron chi connectivity index (χ3n) is 4.96. The van der Waals surface area contributed by atoms with Gasteiger partial charge in [-0.2, -0.15) is 39.0 Å². The van der Waals surface area contributed by atoms with Crippen molar-refractivity contribution in [3.63, 3.8) is 0 Å². The van der Waals surface area contributed by atoms with Crippen LogP contribution in [0.5, 0.6) is 0 Å². The van der Waals surface area contributed by atoms with Gasteiger partial charge in [0, 0.05) is 11.1 Å². The van der Waals surface area contributed by atoms with Crippen LogP contribution in [0, 0.1) is 5.82 Å². The number of aliphatic hydroxyl groups excluding tert-OH is 1. The van der Waals surface area contributed by atoms with Crippen LogP contribution in [-0.4, -0.2) is 10.1 Å². The van der Waals surface area contributed by atoms with Gasteiger partial charge in [0.25, 0.3) is 6.43 Å². The second-order valence-corrected chi connectivity index (χ2v) is 7.62. The van der Waals surface area contributed by atoms with Crippen molar-refractivity contribution in [3.05, 3.63) is 88.0 Å². The van der Waals surface area contributed by atoms with Crippen LogP contribution in [0.4, 0.5) is 39.5 Å². The maximum Gasteiger partial charge on any atom is 0.433 e. The Morgan fingerprint density at radius 3 is 1.85 bits per heavy atom. The molecule has 0 spiro atoms. The zero-order chi connectivity index (χ0) is 25.4. The van der Waals surface area contributed by atoms with E-state index < -0.39 is 70.1 Å². The molecule has 1 atom stereocenters. The molecule has 2 aromatic carbocycles. The lowest BCUT2D eigenvalue weighted by molar-refractivity contribution is -0.142. The molecule has 0 bridgehead atoms. The highest BCUT2D eigenvalue weighted by Crippen LogP contribution is 2.46. The summed E-state index contributed by atoms with van der Waals surface area (Å²) in [5, 5.41) is 8.29. The second-order valence-electron chi connectivity index (χ2n) is 7.10. The highest BCUT2D eigenvalue weighted by atomic mass is 32.1.